The van der Waals surface area contributed by atoms with Gasteiger partial charge in [-0.25, -0.2) is 14.6 Å². The molecular weight excluding hydrogens is 352 g/mol. The van der Waals surface area contributed by atoms with E-state index in [4.69, 9.17) is 5.11 Å². The van der Waals surface area contributed by atoms with Gasteiger partial charge in [0.05, 0.1) is 5.01 Å². The minimum absolute atomic E-state index is 0.0501. The van der Waals surface area contributed by atoms with Gasteiger partial charge in [-0.15, -0.1) is 11.3 Å². The SMILES string of the molecule is CN(CCCNC(=O)NCCc1nc(C(=O)O)cs1)Cc1ccccc1. The predicted octanol–water partition coefficient (Wildman–Crippen LogP) is 2.21. The number of benzene rings is 1. The average Bonchev–Trinajstić information content (AvgIpc) is 3.09. The Labute approximate surface area is 157 Å². The first-order valence-electron chi connectivity index (χ1n) is 8.46. The van der Waals surface area contributed by atoms with Gasteiger partial charge >= 0.3 is 12.0 Å². The number of aromatic nitrogens is 1. The molecule has 2 amide bonds. The van der Waals surface area contributed by atoms with Gasteiger partial charge in [0, 0.05) is 31.4 Å². The van der Waals surface area contributed by atoms with Gasteiger partial charge in [0.1, 0.15) is 0 Å². The predicted molar refractivity (Wildman–Crippen MR) is 102 cm³/mol. The molecule has 1 aromatic carbocycles. The molecule has 0 aliphatic heterocycles. The molecule has 3 N–H and O–H groups in total. The molecule has 140 valence electrons. The molecular formula is C18H24N4O3S. The van der Waals surface area contributed by atoms with E-state index >= 15 is 0 Å². The lowest BCUT2D eigenvalue weighted by Gasteiger charge is -2.16. The third kappa shape index (κ3) is 7.20. The number of carbonyl (C=O) groups excluding carboxylic acids is 1. The van der Waals surface area contributed by atoms with Gasteiger partial charge in [-0.3, -0.25) is 0 Å². The van der Waals surface area contributed by atoms with Crippen molar-refractivity contribution in [3.63, 3.8) is 0 Å². The zero-order chi connectivity index (χ0) is 18.8. The molecule has 0 bridgehead atoms. The quantitative estimate of drug-likeness (QED) is 0.553. The van der Waals surface area contributed by atoms with Gasteiger partial charge in [0.15, 0.2) is 5.69 Å². The van der Waals surface area contributed by atoms with E-state index in [9.17, 15) is 9.59 Å². The molecule has 1 aromatic heterocycles. The van der Waals surface area contributed by atoms with Crippen LogP contribution in [0.5, 0.6) is 0 Å². The summed E-state index contributed by atoms with van der Waals surface area (Å²) >= 11 is 1.29. The van der Waals surface area contributed by atoms with Crippen LogP contribution in [0.2, 0.25) is 0 Å². The monoisotopic (exact) mass is 376 g/mol. The lowest BCUT2D eigenvalue weighted by molar-refractivity contribution is 0.0691. The molecule has 0 radical (unpaired) electrons. The van der Waals surface area contributed by atoms with Crippen molar-refractivity contribution in [2.75, 3.05) is 26.7 Å². The Morgan fingerprint density at radius 3 is 2.62 bits per heavy atom. The normalized spacial score (nSPS) is 10.7. The number of carboxylic acid groups (broad SMARTS) is 1. The maximum Gasteiger partial charge on any atom is 0.355 e. The van der Waals surface area contributed by atoms with Crippen LogP contribution in [-0.4, -0.2) is 53.7 Å². The largest absolute Gasteiger partial charge is 0.476 e. The summed E-state index contributed by atoms with van der Waals surface area (Å²) in [4.78, 5) is 28.7. The van der Waals surface area contributed by atoms with E-state index in [1.165, 1.54) is 22.3 Å². The van der Waals surface area contributed by atoms with Gasteiger partial charge in [0.25, 0.3) is 0 Å². The fourth-order valence-electron chi connectivity index (χ4n) is 2.39. The molecule has 0 atom stereocenters. The Morgan fingerprint density at radius 2 is 1.92 bits per heavy atom. The topological polar surface area (TPSA) is 94.6 Å². The second-order valence-corrected chi connectivity index (χ2v) is 6.88. The highest BCUT2D eigenvalue weighted by atomic mass is 32.1. The van der Waals surface area contributed by atoms with Gasteiger partial charge < -0.3 is 20.6 Å². The maximum absolute atomic E-state index is 11.7. The summed E-state index contributed by atoms with van der Waals surface area (Å²) in [6, 6.07) is 10.1. The lowest BCUT2D eigenvalue weighted by Crippen LogP contribution is -2.37. The van der Waals surface area contributed by atoms with Gasteiger partial charge in [0.2, 0.25) is 0 Å². The van der Waals surface area contributed by atoms with Crippen molar-refractivity contribution in [3.05, 3.63) is 52.0 Å². The first-order chi connectivity index (χ1) is 12.5. The standard InChI is InChI=1S/C18H24N4O3S/c1-22(12-14-6-3-2-4-7-14)11-5-9-19-18(25)20-10-8-16-21-15(13-26-16)17(23)24/h2-4,6-7,13H,5,8-12H2,1H3,(H,23,24)(H2,19,20,25). The molecule has 0 unspecified atom stereocenters. The number of carbonyl (C=O) groups is 2. The second-order valence-electron chi connectivity index (χ2n) is 5.94. The summed E-state index contributed by atoms with van der Waals surface area (Å²) in [5.74, 6) is -1.03. The number of rotatable bonds is 10. The number of amides is 2. The zero-order valence-electron chi connectivity index (χ0n) is 14.8. The molecule has 0 aliphatic rings. The minimum Gasteiger partial charge on any atom is -0.476 e. The third-order valence-corrected chi connectivity index (χ3v) is 4.60. The Hall–Kier alpha value is -2.45. The van der Waals surface area contributed by atoms with Crippen molar-refractivity contribution in [2.24, 2.45) is 0 Å². The van der Waals surface area contributed by atoms with Crippen molar-refractivity contribution in [3.8, 4) is 0 Å². The molecule has 7 nitrogen and oxygen atoms in total. The Kier molecular flexibility index (Phi) is 8.04. The molecule has 2 aromatic rings. The summed E-state index contributed by atoms with van der Waals surface area (Å²) in [6.07, 6.45) is 1.39. The maximum atomic E-state index is 11.7. The number of nitrogens with one attached hydrogen (secondary N) is 2. The van der Waals surface area contributed by atoms with Crippen LogP contribution in [0.1, 0.15) is 27.5 Å². The smallest absolute Gasteiger partial charge is 0.355 e. The lowest BCUT2D eigenvalue weighted by atomic mass is 10.2. The number of hydrogen-bond acceptors (Lipinski definition) is 5. The molecule has 8 heteroatoms. The number of urea groups is 1. The fraction of sp³-hybridized carbons (Fsp3) is 0.389. The van der Waals surface area contributed by atoms with E-state index in [1.807, 2.05) is 18.2 Å². The Balaban J connectivity index is 1.53. The van der Waals surface area contributed by atoms with Gasteiger partial charge in [-0.05, 0) is 25.6 Å². The van der Waals surface area contributed by atoms with Crippen LogP contribution in [0, 0.1) is 0 Å². The Bertz CT molecular complexity index is 705. The van der Waals surface area contributed by atoms with Crippen molar-refractivity contribution in [1.29, 1.82) is 0 Å². The van der Waals surface area contributed by atoms with Crippen molar-refractivity contribution >= 4 is 23.3 Å². The van der Waals surface area contributed by atoms with E-state index in [2.05, 4.69) is 39.7 Å². The van der Waals surface area contributed by atoms with Crippen LogP contribution >= 0.6 is 11.3 Å². The van der Waals surface area contributed by atoms with E-state index in [1.54, 1.807) is 0 Å². The second kappa shape index (κ2) is 10.5. The van der Waals surface area contributed by atoms with Crippen LogP contribution in [0.3, 0.4) is 0 Å². The minimum atomic E-state index is -1.03. The number of nitrogens with zero attached hydrogens (tertiary/aromatic N) is 2. The summed E-state index contributed by atoms with van der Waals surface area (Å²) in [7, 11) is 2.06. The molecule has 0 fully saturated rings. The third-order valence-electron chi connectivity index (χ3n) is 3.69. The van der Waals surface area contributed by atoms with Crippen LogP contribution in [-0.2, 0) is 13.0 Å². The van der Waals surface area contributed by atoms with Crippen molar-refractivity contribution in [2.45, 2.75) is 19.4 Å². The van der Waals surface area contributed by atoms with Crippen LogP contribution in [0.25, 0.3) is 0 Å². The summed E-state index contributed by atoms with van der Waals surface area (Å²) in [5, 5.41) is 16.6. The average molecular weight is 376 g/mol. The van der Waals surface area contributed by atoms with Crippen molar-refractivity contribution in [1.82, 2.24) is 20.5 Å². The zero-order valence-corrected chi connectivity index (χ0v) is 15.6. The summed E-state index contributed by atoms with van der Waals surface area (Å²) < 4.78 is 0. The highest BCUT2D eigenvalue weighted by molar-refractivity contribution is 7.09. The molecule has 0 saturated heterocycles. The molecule has 26 heavy (non-hydrogen) atoms. The van der Waals surface area contributed by atoms with E-state index < -0.39 is 5.97 Å². The van der Waals surface area contributed by atoms with Crippen LogP contribution in [0.4, 0.5) is 4.79 Å². The summed E-state index contributed by atoms with van der Waals surface area (Å²) in [5.41, 5.74) is 1.32. The molecule has 2 rings (SSSR count). The molecule has 1 heterocycles. The number of carboxylic acids is 1. The molecule has 0 saturated carbocycles. The molecule has 0 spiro atoms. The van der Waals surface area contributed by atoms with Crippen LogP contribution in [0.15, 0.2) is 35.7 Å². The number of thiazole rings is 1. The fourth-order valence-corrected chi connectivity index (χ4v) is 3.17. The number of hydrogen-bond donors (Lipinski definition) is 3. The highest BCUT2D eigenvalue weighted by Gasteiger charge is 2.08. The first-order valence-corrected chi connectivity index (χ1v) is 9.34. The first kappa shape index (κ1) is 19.9. The van der Waals surface area contributed by atoms with E-state index in [0.717, 1.165) is 19.5 Å². The summed E-state index contributed by atoms with van der Waals surface area (Å²) in [6.45, 7) is 2.81. The van der Waals surface area contributed by atoms with Gasteiger partial charge in [-0.2, -0.15) is 0 Å². The van der Waals surface area contributed by atoms with Gasteiger partial charge in [-0.1, -0.05) is 30.3 Å². The number of aromatic carboxylic acids is 1. The highest BCUT2D eigenvalue weighted by Crippen LogP contribution is 2.09. The van der Waals surface area contributed by atoms with E-state index in [0.29, 0.717) is 24.5 Å². The van der Waals surface area contributed by atoms with E-state index in [-0.39, 0.29) is 11.7 Å². The van der Waals surface area contributed by atoms with Crippen LogP contribution < -0.4 is 10.6 Å². The Morgan fingerprint density at radius 1 is 1.19 bits per heavy atom. The van der Waals surface area contributed by atoms with Crippen molar-refractivity contribution < 1.29 is 14.7 Å². The molecule has 0 aliphatic carbocycles.